The smallest absolute Gasteiger partial charge is 0.254 e. The number of carbonyl (C=O) groups excluding carboxylic acids is 1. The molecule has 1 aromatic heterocycles. The van der Waals surface area contributed by atoms with E-state index in [4.69, 9.17) is 5.73 Å². The van der Waals surface area contributed by atoms with Crippen LogP contribution >= 0.6 is 0 Å². The molecule has 0 aliphatic carbocycles. The highest BCUT2D eigenvalue weighted by molar-refractivity contribution is 7.92. The van der Waals surface area contributed by atoms with Crippen molar-refractivity contribution in [1.29, 1.82) is 0 Å². The van der Waals surface area contributed by atoms with Gasteiger partial charge in [-0.3, -0.25) is 9.78 Å². The Bertz CT molecular complexity index is 598. The second-order valence-electron chi connectivity index (χ2n) is 4.75. The van der Waals surface area contributed by atoms with E-state index in [2.05, 4.69) is 10.3 Å². The summed E-state index contributed by atoms with van der Waals surface area (Å²) in [6.07, 6.45) is 2.67. The maximum absolute atomic E-state index is 11.9. The van der Waals surface area contributed by atoms with Crippen LogP contribution in [0.4, 0.5) is 5.69 Å². The van der Waals surface area contributed by atoms with Crippen LogP contribution in [0, 0.1) is 6.92 Å². The number of anilines is 1. The monoisotopic (exact) mass is 283 g/mol. The van der Waals surface area contributed by atoms with Crippen LogP contribution in [0.1, 0.15) is 28.9 Å². The van der Waals surface area contributed by atoms with Gasteiger partial charge in [0.1, 0.15) is 0 Å². The number of sulfone groups is 1. The number of hydrogen-bond donors (Lipinski definition) is 2. The first kappa shape index (κ1) is 13.8. The first-order chi connectivity index (χ1) is 8.90. The van der Waals surface area contributed by atoms with Gasteiger partial charge >= 0.3 is 0 Å². The first-order valence-electron chi connectivity index (χ1n) is 6.12. The molecule has 0 radical (unpaired) electrons. The van der Waals surface area contributed by atoms with Crippen LogP contribution < -0.4 is 11.1 Å². The Morgan fingerprint density at radius 1 is 1.58 bits per heavy atom. The normalized spacial score (nSPS) is 21.2. The first-order valence-corrected chi connectivity index (χ1v) is 7.83. The lowest BCUT2D eigenvalue weighted by atomic mass is 10.2. The Balaban J connectivity index is 2.02. The molecule has 6 nitrogen and oxygen atoms in total. The van der Waals surface area contributed by atoms with E-state index in [9.17, 15) is 13.2 Å². The fourth-order valence-electron chi connectivity index (χ4n) is 2.16. The largest absolute Gasteiger partial charge is 0.398 e. The average Bonchev–Trinajstić information content (AvgIpc) is 2.65. The molecule has 0 bridgehead atoms. The van der Waals surface area contributed by atoms with Crippen LogP contribution in [0.15, 0.2) is 12.3 Å². The zero-order valence-corrected chi connectivity index (χ0v) is 11.5. The molecule has 1 aliphatic heterocycles. The number of nitrogen functional groups attached to an aromatic ring is 1. The fraction of sp³-hybridized carbons (Fsp3) is 0.500. The Morgan fingerprint density at radius 2 is 2.32 bits per heavy atom. The lowest BCUT2D eigenvalue weighted by Gasteiger charge is -2.11. The number of nitrogens with zero attached hydrogens (tertiary/aromatic N) is 1. The number of pyridine rings is 1. The van der Waals surface area contributed by atoms with Gasteiger partial charge in [-0.1, -0.05) is 0 Å². The molecule has 19 heavy (non-hydrogen) atoms. The summed E-state index contributed by atoms with van der Waals surface area (Å²) in [5, 5.41) is 2.14. The number of amides is 1. The number of rotatable bonds is 3. The van der Waals surface area contributed by atoms with Gasteiger partial charge < -0.3 is 11.1 Å². The van der Waals surface area contributed by atoms with E-state index >= 15 is 0 Å². The van der Waals surface area contributed by atoms with Gasteiger partial charge in [-0.05, 0) is 25.8 Å². The lowest BCUT2D eigenvalue weighted by molar-refractivity contribution is 0.0954. The molecule has 2 rings (SSSR count). The molecule has 0 saturated carbocycles. The molecule has 7 heteroatoms. The molecule has 1 aromatic rings. The Kier molecular flexibility index (Phi) is 3.75. The van der Waals surface area contributed by atoms with Crippen LogP contribution in [-0.4, -0.2) is 36.9 Å². The molecule has 0 aromatic carbocycles. The fourth-order valence-corrected chi connectivity index (χ4v) is 3.93. The quantitative estimate of drug-likeness (QED) is 0.829. The highest BCUT2D eigenvalue weighted by atomic mass is 32.2. The lowest BCUT2D eigenvalue weighted by Crippen LogP contribution is -2.35. The van der Waals surface area contributed by atoms with Gasteiger partial charge in [-0.15, -0.1) is 0 Å². The zero-order valence-electron chi connectivity index (χ0n) is 10.7. The van der Waals surface area contributed by atoms with Gasteiger partial charge in [-0.25, -0.2) is 8.42 Å². The molecule has 1 aliphatic rings. The van der Waals surface area contributed by atoms with Gasteiger partial charge in [0.25, 0.3) is 5.91 Å². The minimum absolute atomic E-state index is 0.133. The number of aryl methyl sites for hydroxylation is 1. The standard InChI is InChI=1S/C12H17N3O3S/c1-8-5-11(13)10(7-14-8)12(16)15-6-9-3-2-4-19(9,17)18/h5,7,9H,2-4,6H2,1H3,(H2,13,14)(H,15,16). The summed E-state index contributed by atoms with van der Waals surface area (Å²) in [6, 6.07) is 1.61. The van der Waals surface area contributed by atoms with Gasteiger partial charge in [0.15, 0.2) is 9.84 Å². The minimum Gasteiger partial charge on any atom is -0.398 e. The van der Waals surface area contributed by atoms with Crippen molar-refractivity contribution < 1.29 is 13.2 Å². The van der Waals surface area contributed by atoms with E-state index < -0.39 is 15.1 Å². The second-order valence-corrected chi connectivity index (χ2v) is 7.15. The van der Waals surface area contributed by atoms with Crippen LogP contribution in [-0.2, 0) is 9.84 Å². The maximum atomic E-state index is 11.9. The van der Waals surface area contributed by atoms with Gasteiger partial charge in [0.05, 0.1) is 16.6 Å². The van der Waals surface area contributed by atoms with Crippen molar-refractivity contribution in [2.45, 2.75) is 25.0 Å². The molecule has 3 N–H and O–H groups in total. The van der Waals surface area contributed by atoms with Crippen LogP contribution in [0.2, 0.25) is 0 Å². The van der Waals surface area contributed by atoms with Gasteiger partial charge in [-0.2, -0.15) is 0 Å². The molecule has 1 saturated heterocycles. The summed E-state index contributed by atoms with van der Waals surface area (Å²) in [5.41, 5.74) is 7.09. The third kappa shape index (κ3) is 3.04. The van der Waals surface area contributed by atoms with E-state index in [-0.39, 0.29) is 23.8 Å². The van der Waals surface area contributed by atoms with E-state index in [0.29, 0.717) is 18.5 Å². The molecule has 1 amide bonds. The Labute approximate surface area is 112 Å². The van der Waals surface area contributed by atoms with Gasteiger partial charge in [0, 0.05) is 24.1 Å². The molecule has 1 unspecified atom stereocenters. The zero-order chi connectivity index (χ0) is 14.0. The minimum atomic E-state index is -3.04. The molecule has 1 atom stereocenters. The molecule has 104 valence electrons. The van der Waals surface area contributed by atoms with Crippen molar-refractivity contribution in [3.05, 3.63) is 23.5 Å². The predicted molar refractivity (Wildman–Crippen MR) is 72.5 cm³/mol. The number of hydrogen-bond acceptors (Lipinski definition) is 5. The average molecular weight is 283 g/mol. The van der Waals surface area contributed by atoms with Gasteiger partial charge in [0.2, 0.25) is 0 Å². The Hall–Kier alpha value is -1.63. The summed E-state index contributed by atoms with van der Waals surface area (Å²) >= 11 is 0. The molecular weight excluding hydrogens is 266 g/mol. The van der Waals surface area contributed by atoms with E-state index in [1.54, 1.807) is 13.0 Å². The molecule has 0 spiro atoms. The summed E-state index contributed by atoms with van der Waals surface area (Å²) in [7, 11) is -3.04. The summed E-state index contributed by atoms with van der Waals surface area (Å²) in [6.45, 7) is 1.91. The van der Waals surface area contributed by atoms with Crippen molar-refractivity contribution in [3.63, 3.8) is 0 Å². The third-order valence-corrected chi connectivity index (χ3v) is 5.55. The van der Waals surface area contributed by atoms with E-state index in [1.165, 1.54) is 6.20 Å². The topological polar surface area (TPSA) is 102 Å². The van der Waals surface area contributed by atoms with Crippen molar-refractivity contribution in [3.8, 4) is 0 Å². The third-order valence-electron chi connectivity index (χ3n) is 3.27. The summed E-state index contributed by atoms with van der Waals surface area (Å²) in [4.78, 5) is 15.9. The number of nitrogens with two attached hydrogens (primary N) is 1. The number of nitrogens with one attached hydrogen (secondary N) is 1. The van der Waals surface area contributed by atoms with E-state index in [0.717, 1.165) is 5.69 Å². The SMILES string of the molecule is Cc1cc(N)c(C(=O)NCC2CCCS2(=O)=O)cn1. The summed E-state index contributed by atoms with van der Waals surface area (Å²) < 4.78 is 23.3. The van der Waals surface area contributed by atoms with Crippen molar-refractivity contribution in [1.82, 2.24) is 10.3 Å². The molecule has 2 heterocycles. The van der Waals surface area contributed by atoms with Crippen molar-refractivity contribution in [2.24, 2.45) is 0 Å². The maximum Gasteiger partial charge on any atom is 0.254 e. The van der Waals surface area contributed by atoms with Crippen LogP contribution in [0.3, 0.4) is 0 Å². The molecule has 1 fully saturated rings. The predicted octanol–water partition coefficient (Wildman–Crippen LogP) is 0.279. The second kappa shape index (κ2) is 5.16. The van der Waals surface area contributed by atoms with Crippen LogP contribution in [0.5, 0.6) is 0 Å². The highest BCUT2D eigenvalue weighted by Crippen LogP contribution is 2.19. The van der Waals surface area contributed by atoms with Crippen molar-refractivity contribution in [2.75, 3.05) is 18.0 Å². The Morgan fingerprint density at radius 3 is 2.89 bits per heavy atom. The summed E-state index contributed by atoms with van der Waals surface area (Å²) in [5.74, 6) is -0.172. The number of aromatic nitrogens is 1. The number of carbonyl (C=O) groups is 1. The van der Waals surface area contributed by atoms with Crippen molar-refractivity contribution >= 4 is 21.4 Å². The van der Waals surface area contributed by atoms with E-state index in [1.807, 2.05) is 0 Å². The highest BCUT2D eigenvalue weighted by Gasteiger charge is 2.31. The molecular formula is C12H17N3O3S. The van der Waals surface area contributed by atoms with Crippen LogP contribution in [0.25, 0.3) is 0 Å².